The van der Waals surface area contributed by atoms with Crippen LogP contribution >= 0.6 is 11.6 Å². The molecule has 27 heavy (non-hydrogen) atoms. The predicted octanol–water partition coefficient (Wildman–Crippen LogP) is 5.05. The highest BCUT2D eigenvalue weighted by molar-refractivity contribution is 6.30. The van der Waals surface area contributed by atoms with E-state index in [1.165, 1.54) is 24.3 Å². The van der Waals surface area contributed by atoms with Gasteiger partial charge >= 0.3 is 0 Å². The summed E-state index contributed by atoms with van der Waals surface area (Å²) in [6.45, 7) is 0. The van der Waals surface area contributed by atoms with Crippen molar-refractivity contribution in [1.82, 2.24) is 0 Å². The van der Waals surface area contributed by atoms with Crippen molar-refractivity contribution in [3.63, 3.8) is 0 Å². The van der Waals surface area contributed by atoms with Crippen LogP contribution in [0.1, 0.15) is 15.9 Å². The van der Waals surface area contributed by atoms with E-state index in [9.17, 15) is 14.7 Å². The van der Waals surface area contributed by atoms with Crippen molar-refractivity contribution in [1.29, 1.82) is 0 Å². The molecule has 0 unspecified atom stereocenters. The molecule has 0 atom stereocenters. The van der Waals surface area contributed by atoms with Crippen molar-refractivity contribution >= 4 is 28.4 Å². The minimum absolute atomic E-state index is 0.0371. The van der Waals surface area contributed by atoms with Gasteiger partial charge in [0.15, 0.2) is 0 Å². The molecule has 1 heterocycles. The van der Waals surface area contributed by atoms with Crippen molar-refractivity contribution in [3.05, 3.63) is 99.2 Å². The molecule has 0 saturated carbocycles. The average Bonchev–Trinajstić information content (AvgIpc) is 2.69. The van der Waals surface area contributed by atoms with Gasteiger partial charge in [0.25, 0.3) is 0 Å². The van der Waals surface area contributed by atoms with Crippen LogP contribution in [0.3, 0.4) is 0 Å². The van der Waals surface area contributed by atoms with E-state index in [0.717, 1.165) is 0 Å². The van der Waals surface area contributed by atoms with E-state index < -0.39 is 11.2 Å². The molecule has 0 aliphatic carbocycles. The van der Waals surface area contributed by atoms with Gasteiger partial charge in [-0.1, -0.05) is 23.7 Å². The zero-order valence-corrected chi connectivity index (χ0v) is 14.7. The third kappa shape index (κ3) is 3.11. The van der Waals surface area contributed by atoms with E-state index in [-0.39, 0.29) is 22.6 Å². The topological polar surface area (TPSA) is 67.5 Å². The summed E-state index contributed by atoms with van der Waals surface area (Å²) in [4.78, 5) is 26.2. The van der Waals surface area contributed by atoms with Gasteiger partial charge in [0.1, 0.15) is 22.7 Å². The lowest BCUT2D eigenvalue weighted by atomic mass is 9.97. The number of fused-ring (bicyclic) bond motifs is 1. The number of ketones is 1. The van der Waals surface area contributed by atoms with Gasteiger partial charge in [0.2, 0.25) is 11.2 Å². The molecule has 0 amide bonds. The second-order valence-corrected chi connectivity index (χ2v) is 6.45. The molecule has 0 aliphatic rings. The zero-order chi connectivity index (χ0) is 19.0. The molecule has 1 aromatic heterocycles. The standard InChI is InChI=1S/C22H13ClO4/c23-15-9-5-14(6-10-15)22-19(20(25)13-7-11-16(24)12-8-13)21(26)17-3-1-2-4-18(17)27-22/h1-12,24H. The number of carbonyl (C=O) groups excluding carboxylic acids is 1. The first-order valence-electron chi connectivity index (χ1n) is 8.20. The van der Waals surface area contributed by atoms with E-state index in [4.69, 9.17) is 16.0 Å². The molecule has 132 valence electrons. The number of benzene rings is 3. The van der Waals surface area contributed by atoms with Crippen LogP contribution in [0, 0.1) is 0 Å². The molecule has 0 aliphatic heterocycles. The molecule has 1 N–H and O–H groups in total. The molecule has 0 radical (unpaired) electrons. The summed E-state index contributed by atoms with van der Waals surface area (Å²) >= 11 is 5.96. The molecule has 0 saturated heterocycles. The van der Waals surface area contributed by atoms with Gasteiger partial charge in [0, 0.05) is 16.1 Å². The van der Waals surface area contributed by atoms with E-state index in [2.05, 4.69) is 0 Å². The first-order valence-corrected chi connectivity index (χ1v) is 8.58. The Bertz CT molecular complexity index is 1210. The third-order valence-electron chi connectivity index (χ3n) is 4.26. The Morgan fingerprint density at radius 3 is 2.26 bits per heavy atom. The monoisotopic (exact) mass is 376 g/mol. The van der Waals surface area contributed by atoms with Crippen LogP contribution in [-0.4, -0.2) is 10.9 Å². The van der Waals surface area contributed by atoms with Crippen LogP contribution in [0.5, 0.6) is 5.75 Å². The molecule has 3 aromatic carbocycles. The van der Waals surface area contributed by atoms with Crippen LogP contribution in [0.4, 0.5) is 0 Å². The van der Waals surface area contributed by atoms with Crippen LogP contribution < -0.4 is 5.43 Å². The van der Waals surface area contributed by atoms with Gasteiger partial charge in [-0.15, -0.1) is 0 Å². The fourth-order valence-electron chi connectivity index (χ4n) is 2.91. The molecular formula is C22H13ClO4. The number of phenolic OH excluding ortho intramolecular Hbond substituents is 1. The van der Waals surface area contributed by atoms with Crippen molar-refractivity contribution in [2.75, 3.05) is 0 Å². The summed E-state index contributed by atoms with van der Waals surface area (Å²) in [5.41, 5.74) is 0.797. The predicted molar refractivity (Wildman–Crippen MR) is 104 cm³/mol. The highest BCUT2D eigenvalue weighted by Gasteiger charge is 2.23. The van der Waals surface area contributed by atoms with E-state index in [1.807, 2.05) is 0 Å². The third-order valence-corrected chi connectivity index (χ3v) is 4.51. The van der Waals surface area contributed by atoms with Gasteiger partial charge < -0.3 is 9.52 Å². The Morgan fingerprint density at radius 1 is 0.889 bits per heavy atom. The van der Waals surface area contributed by atoms with Crippen molar-refractivity contribution in [2.24, 2.45) is 0 Å². The second-order valence-electron chi connectivity index (χ2n) is 6.01. The van der Waals surface area contributed by atoms with Gasteiger partial charge in [0.05, 0.1) is 5.39 Å². The number of hydrogen-bond acceptors (Lipinski definition) is 4. The maximum absolute atomic E-state index is 13.1. The van der Waals surface area contributed by atoms with E-state index >= 15 is 0 Å². The maximum atomic E-state index is 13.1. The highest BCUT2D eigenvalue weighted by Crippen LogP contribution is 2.29. The normalized spacial score (nSPS) is 10.9. The summed E-state index contributed by atoms with van der Waals surface area (Å²) in [7, 11) is 0. The largest absolute Gasteiger partial charge is 0.508 e. The Labute approximate surface area is 159 Å². The number of para-hydroxylation sites is 1. The Hall–Kier alpha value is -3.37. The van der Waals surface area contributed by atoms with Gasteiger partial charge in [-0.05, 0) is 60.7 Å². The smallest absolute Gasteiger partial charge is 0.204 e. The molecule has 5 heteroatoms. The Balaban J connectivity index is 2.02. The van der Waals surface area contributed by atoms with Crippen LogP contribution in [0.15, 0.2) is 82.0 Å². The Kier molecular flexibility index (Phi) is 4.26. The van der Waals surface area contributed by atoms with Crippen LogP contribution in [0.25, 0.3) is 22.3 Å². The summed E-state index contributed by atoms with van der Waals surface area (Å²) in [5.74, 6) is -0.247. The molecule has 4 rings (SSSR count). The van der Waals surface area contributed by atoms with Gasteiger partial charge in [-0.3, -0.25) is 9.59 Å². The quantitative estimate of drug-likeness (QED) is 0.508. The van der Waals surface area contributed by atoms with E-state index in [0.29, 0.717) is 21.6 Å². The van der Waals surface area contributed by atoms with E-state index in [1.54, 1.807) is 48.5 Å². The molecule has 4 nitrogen and oxygen atoms in total. The minimum Gasteiger partial charge on any atom is -0.508 e. The van der Waals surface area contributed by atoms with Gasteiger partial charge in [-0.2, -0.15) is 0 Å². The fraction of sp³-hybridized carbons (Fsp3) is 0. The molecule has 4 aromatic rings. The minimum atomic E-state index is -0.473. The fourth-order valence-corrected chi connectivity index (χ4v) is 3.04. The molecular weight excluding hydrogens is 364 g/mol. The summed E-state index contributed by atoms with van der Waals surface area (Å²) in [6, 6.07) is 19.3. The Morgan fingerprint density at radius 2 is 1.56 bits per heavy atom. The lowest BCUT2D eigenvalue weighted by molar-refractivity contribution is 0.103. The van der Waals surface area contributed by atoms with Crippen LogP contribution in [0.2, 0.25) is 5.02 Å². The molecule has 0 bridgehead atoms. The highest BCUT2D eigenvalue weighted by atomic mass is 35.5. The zero-order valence-electron chi connectivity index (χ0n) is 14.0. The molecule has 0 spiro atoms. The lowest BCUT2D eigenvalue weighted by Crippen LogP contribution is -2.17. The number of halogens is 1. The van der Waals surface area contributed by atoms with Crippen LogP contribution in [-0.2, 0) is 0 Å². The maximum Gasteiger partial charge on any atom is 0.204 e. The summed E-state index contributed by atoms with van der Waals surface area (Å²) < 4.78 is 5.95. The first-order chi connectivity index (χ1) is 13.0. The summed E-state index contributed by atoms with van der Waals surface area (Å²) in [6.07, 6.45) is 0. The second kappa shape index (κ2) is 6.74. The lowest BCUT2D eigenvalue weighted by Gasteiger charge is -2.10. The average molecular weight is 377 g/mol. The molecule has 0 fully saturated rings. The van der Waals surface area contributed by atoms with Crippen molar-refractivity contribution in [3.8, 4) is 17.1 Å². The first kappa shape index (κ1) is 17.1. The van der Waals surface area contributed by atoms with Crippen molar-refractivity contribution in [2.45, 2.75) is 0 Å². The summed E-state index contributed by atoms with van der Waals surface area (Å²) in [5, 5.41) is 10.3. The number of phenols is 1. The number of rotatable bonds is 3. The van der Waals surface area contributed by atoms with Gasteiger partial charge in [-0.25, -0.2) is 0 Å². The SMILES string of the molecule is O=C(c1ccc(O)cc1)c1c(-c2ccc(Cl)cc2)oc2ccccc2c1=O. The number of carbonyl (C=O) groups is 1. The van der Waals surface area contributed by atoms with Crippen molar-refractivity contribution < 1.29 is 14.3 Å². The number of hydrogen-bond donors (Lipinski definition) is 1. The number of aromatic hydroxyl groups is 1.